The Hall–Kier alpha value is -2.41. The highest BCUT2D eigenvalue weighted by Gasteiger charge is 2.23. The molecule has 1 aliphatic heterocycles. The minimum Gasteiger partial charge on any atom is -0.377 e. The summed E-state index contributed by atoms with van der Waals surface area (Å²) in [6.45, 7) is 4.23. The van der Waals surface area contributed by atoms with E-state index in [1.54, 1.807) is 40.3 Å². The van der Waals surface area contributed by atoms with E-state index in [1.165, 1.54) is 6.07 Å². The first-order valence-electron chi connectivity index (χ1n) is 8.58. The maximum absolute atomic E-state index is 14.2. The van der Waals surface area contributed by atoms with Crippen LogP contribution in [0.2, 0.25) is 0 Å². The van der Waals surface area contributed by atoms with Crippen molar-refractivity contribution in [3.8, 4) is 5.69 Å². The number of imidazole rings is 1. The van der Waals surface area contributed by atoms with Crippen molar-refractivity contribution in [1.29, 1.82) is 0 Å². The zero-order valence-corrected chi connectivity index (χ0v) is 14.3. The zero-order chi connectivity index (χ0) is 17.6. The predicted molar refractivity (Wildman–Crippen MR) is 92.0 cm³/mol. The fourth-order valence-electron chi connectivity index (χ4n) is 3.06. The molecular weight excluding hydrogens is 323 g/mol. The molecule has 0 spiro atoms. The molecule has 1 unspecified atom stereocenters. The summed E-state index contributed by atoms with van der Waals surface area (Å²) in [6.07, 6.45) is 6.86. The molecule has 0 bridgehead atoms. The van der Waals surface area contributed by atoms with Gasteiger partial charge in [-0.2, -0.15) is 0 Å². The second-order valence-electron chi connectivity index (χ2n) is 6.08. The summed E-state index contributed by atoms with van der Waals surface area (Å²) in [5, 5.41) is 2.86. The van der Waals surface area contributed by atoms with Gasteiger partial charge in [-0.1, -0.05) is 6.07 Å². The number of urea groups is 1. The molecular formula is C18H23FN4O2. The average molecular weight is 346 g/mol. The number of carbonyl (C=O) groups is 1. The van der Waals surface area contributed by atoms with Crippen LogP contribution < -0.4 is 5.32 Å². The molecule has 6 nitrogen and oxygen atoms in total. The number of benzene rings is 1. The van der Waals surface area contributed by atoms with E-state index in [-0.39, 0.29) is 24.5 Å². The number of halogens is 1. The Balaban J connectivity index is 1.56. The quantitative estimate of drug-likeness (QED) is 0.906. The number of likely N-dealkylation sites (tertiary alicyclic amines) is 1. The number of aromatic nitrogens is 2. The highest BCUT2D eigenvalue weighted by Crippen LogP contribution is 2.16. The van der Waals surface area contributed by atoms with Gasteiger partial charge in [-0.05, 0) is 37.5 Å². The van der Waals surface area contributed by atoms with Gasteiger partial charge in [0.1, 0.15) is 5.82 Å². The van der Waals surface area contributed by atoms with E-state index >= 15 is 0 Å². The molecule has 2 heterocycles. The molecule has 0 aliphatic carbocycles. The second kappa shape index (κ2) is 8.11. The lowest BCUT2D eigenvalue weighted by Crippen LogP contribution is -2.47. The summed E-state index contributed by atoms with van der Waals surface area (Å²) < 4.78 is 21.5. The Morgan fingerprint density at radius 2 is 2.36 bits per heavy atom. The van der Waals surface area contributed by atoms with Gasteiger partial charge in [0.2, 0.25) is 0 Å². The van der Waals surface area contributed by atoms with Crippen LogP contribution in [0.5, 0.6) is 0 Å². The Bertz CT molecular complexity index is 703. The molecule has 25 heavy (non-hydrogen) atoms. The number of piperidine rings is 1. The van der Waals surface area contributed by atoms with Crippen LogP contribution in [-0.4, -0.2) is 46.3 Å². The maximum atomic E-state index is 14.2. The van der Waals surface area contributed by atoms with E-state index in [1.807, 2.05) is 6.92 Å². The molecule has 2 aromatic rings. The summed E-state index contributed by atoms with van der Waals surface area (Å²) in [4.78, 5) is 18.0. The van der Waals surface area contributed by atoms with E-state index in [9.17, 15) is 9.18 Å². The lowest BCUT2D eigenvalue weighted by atomic mass is 10.1. The number of rotatable bonds is 5. The monoisotopic (exact) mass is 346 g/mol. The van der Waals surface area contributed by atoms with Gasteiger partial charge >= 0.3 is 6.03 Å². The summed E-state index contributed by atoms with van der Waals surface area (Å²) in [5.41, 5.74) is 1.15. The van der Waals surface area contributed by atoms with Crippen LogP contribution >= 0.6 is 0 Å². The van der Waals surface area contributed by atoms with Crippen molar-refractivity contribution < 1.29 is 13.9 Å². The number of hydrogen-bond donors (Lipinski definition) is 1. The van der Waals surface area contributed by atoms with Gasteiger partial charge in [-0.25, -0.2) is 14.2 Å². The van der Waals surface area contributed by atoms with Gasteiger partial charge in [-0.3, -0.25) is 0 Å². The molecule has 1 N–H and O–H groups in total. The van der Waals surface area contributed by atoms with Gasteiger partial charge in [0.05, 0.1) is 18.1 Å². The number of amides is 2. The smallest absolute Gasteiger partial charge is 0.317 e. The van der Waals surface area contributed by atoms with E-state index in [2.05, 4.69) is 10.3 Å². The lowest BCUT2D eigenvalue weighted by molar-refractivity contribution is 0.0164. The van der Waals surface area contributed by atoms with Crippen molar-refractivity contribution in [1.82, 2.24) is 19.8 Å². The molecule has 1 fully saturated rings. The fourth-order valence-corrected chi connectivity index (χ4v) is 3.06. The summed E-state index contributed by atoms with van der Waals surface area (Å²) in [6, 6.07) is 4.79. The number of hydrogen-bond acceptors (Lipinski definition) is 3. The molecule has 3 rings (SSSR count). The van der Waals surface area contributed by atoms with Gasteiger partial charge in [0.15, 0.2) is 0 Å². The third-order valence-corrected chi connectivity index (χ3v) is 4.31. The lowest BCUT2D eigenvalue weighted by Gasteiger charge is -2.32. The topological polar surface area (TPSA) is 59.4 Å². The fraction of sp³-hybridized carbons (Fsp3) is 0.444. The first-order valence-corrected chi connectivity index (χ1v) is 8.58. The van der Waals surface area contributed by atoms with Crippen molar-refractivity contribution in [2.75, 3.05) is 19.7 Å². The predicted octanol–water partition coefficient (Wildman–Crippen LogP) is 2.72. The van der Waals surface area contributed by atoms with E-state index < -0.39 is 0 Å². The van der Waals surface area contributed by atoms with Crippen LogP contribution in [-0.2, 0) is 11.3 Å². The minimum atomic E-state index is -0.348. The summed E-state index contributed by atoms with van der Waals surface area (Å²) in [5.74, 6) is -0.348. The first kappa shape index (κ1) is 17.4. The summed E-state index contributed by atoms with van der Waals surface area (Å²) >= 11 is 0. The molecule has 0 saturated carbocycles. The van der Waals surface area contributed by atoms with E-state index in [0.717, 1.165) is 19.4 Å². The molecule has 1 atom stereocenters. The molecule has 1 aromatic heterocycles. The van der Waals surface area contributed by atoms with Crippen molar-refractivity contribution >= 4 is 6.03 Å². The minimum absolute atomic E-state index is 0.108. The van der Waals surface area contributed by atoms with Crippen LogP contribution in [0.15, 0.2) is 36.9 Å². The van der Waals surface area contributed by atoms with Gasteiger partial charge < -0.3 is 19.5 Å². The molecule has 1 saturated heterocycles. The average Bonchev–Trinajstić information content (AvgIpc) is 3.14. The van der Waals surface area contributed by atoms with Gasteiger partial charge in [-0.15, -0.1) is 0 Å². The largest absolute Gasteiger partial charge is 0.377 e. The van der Waals surface area contributed by atoms with Crippen molar-refractivity contribution in [2.24, 2.45) is 0 Å². The number of nitrogens with zero attached hydrogens (tertiary/aromatic N) is 3. The molecule has 134 valence electrons. The van der Waals surface area contributed by atoms with Gasteiger partial charge in [0, 0.05) is 38.6 Å². The molecule has 2 amide bonds. The van der Waals surface area contributed by atoms with Crippen LogP contribution in [0, 0.1) is 5.82 Å². The maximum Gasteiger partial charge on any atom is 0.317 e. The van der Waals surface area contributed by atoms with Crippen molar-refractivity contribution in [3.05, 3.63) is 48.3 Å². The second-order valence-corrected chi connectivity index (χ2v) is 6.08. The van der Waals surface area contributed by atoms with Crippen LogP contribution in [0.1, 0.15) is 25.3 Å². The van der Waals surface area contributed by atoms with Crippen LogP contribution in [0.25, 0.3) is 5.69 Å². The molecule has 0 radical (unpaired) electrons. The Morgan fingerprint density at radius 1 is 1.48 bits per heavy atom. The zero-order valence-electron chi connectivity index (χ0n) is 14.3. The first-order chi connectivity index (χ1) is 12.2. The SMILES string of the molecule is CCOC1CCCN(C(=O)NCc2ccc(-n3ccnc3)c(F)c2)C1. The Labute approximate surface area is 146 Å². The number of ether oxygens (including phenoxy) is 1. The van der Waals surface area contributed by atoms with E-state index in [0.29, 0.717) is 24.4 Å². The molecule has 1 aliphatic rings. The molecule has 7 heteroatoms. The normalized spacial score (nSPS) is 17.5. The third-order valence-electron chi connectivity index (χ3n) is 4.31. The molecule has 1 aromatic carbocycles. The summed E-state index contributed by atoms with van der Waals surface area (Å²) in [7, 11) is 0. The Morgan fingerprint density at radius 3 is 3.08 bits per heavy atom. The standard InChI is InChI=1S/C18H23FN4O2/c1-2-25-15-4-3-8-22(12-15)18(24)21-11-14-5-6-17(16(19)10-14)23-9-7-20-13-23/h5-7,9-10,13,15H,2-4,8,11-12H2,1H3,(H,21,24). The van der Waals surface area contributed by atoms with Crippen molar-refractivity contribution in [2.45, 2.75) is 32.4 Å². The number of nitrogens with one attached hydrogen (secondary N) is 1. The highest BCUT2D eigenvalue weighted by molar-refractivity contribution is 5.74. The van der Waals surface area contributed by atoms with Crippen LogP contribution in [0.3, 0.4) is 0 Å². The van der Waals surface area contributed by atoms with E-state index in [4.69, 9.17) is 4.74 Å². The van der Waals surface area contributed by atoms with Gasteiger partial charge in [0.25, 0.3) is 0 Å². The Kier molecular flexibility index (Phi) is 5.65. The number of carbonyl (C=O) groups excluding carboxylic acids is 1. The highest BCUT2D eigenvalue weighted by atomic mass is 19.1. The van der Waals surface area contributed by atoms with Crippen molar-refractivity contribution in [3.63, 3.8) is 0 Å². The van der Waals surface area contributed by atoms with Crippen LogP contribution in [0.4, 0.5) is 9.18 Å². The third kappa shape index (κ3) is 4.36.